The normalized spacial score (nSPS) is 20.6. The zero-order chi connectivity index (χ0) is 12.2. The highest BCUT2D eigenvalue weighted by molar-refractivity contribution is 4.64. The molecule has 0 aromatic rings. The second kappa shape index (κ2) is 11.0. The van der Waals surface area contributed by atoms with Crippen molar-refractivity contribution in [2.75, 3.05) is 46.5 Å². The number of hydrogen-bond donors (Lipinski definition) is 2. The van der Waals surface area contributed by atoms with Crippen LogP contribution in [0.2, 0.25) is 0 Å². The summed E-state index contributed by atoms with van der Waals surface area (Å²) >= 11 is 0. The van der Waals surface area contributed by atoms with Crippen LogP contribution in [0.25, 0.3) is 0 Å². The Morgan fingerprint density at radius 2 is 1.94 bits per heavy atom. The first-order valence-electron chi connectivity index (χ1n) is 6.95. The second-order valence-electron chi connectivity index (χ2n) is 4.62. The van der Waals surface area contributed by atoms with Gasteiger partial charge in [-0.25, -0.2) is 0 Å². The van der Waals surface area contributed by atoms with Gasteiger partial charge in [0.05, 0.1) is 12.7 Å². The molecule has 0 radical (unpaired) electrons. The molecule has 0 bridgehead atoms. The molecule has 1 rings (SSSR count). The van der Waals surface area contributed by atoms with Crippen molar-refractivity contribution in [3.05, 3.63) is 0 Å². The molecule has 17 heavy (non-hydrogen) atoms. The molecule has 1 aliphatic rings. The molecule has 1 saturated heterocycles. The number of nitrogens with one attached hydrogen (secondary N) is 2. The van der Waals surface area contributed by atoms with Crippen LogP contribution in [0.1, 0.15) is 32.1 Å². The van der Waals surface area contributed by atoms with E-state index in [1.54, 1.807) is 7.11 Å². The van der Waals surface area contributed by atoms with Crippen LogP contribution in [-0.4, -0.2) is 52.6 Å². The predicted molar refractivity (Wildman–Crippen MR) is 70.4 cm³/mol. The SMILES string of the molecule is COCCNCCNCCCC1CCCCO1. The molecule has 1 aliphatic heterocycles. The van der Waals surface area contributed by atoms with E-state index in [4.69, 9.17) is 9.47 Å². The van der Waals surface area contributed by atoms with Gasteiger partial charge in [-0.15, -0.1) is 0 Å². The molecule has 4 heteroatoms. The summed E-state index contributed by atoms with van der Waals surface area (Å²) < 4.78 is 10.7. The fourth-order valence-corrected chi connectivity index (χ4v) is 2.09. The fraction of sp³-hybridized carbons (Fsp3) is 1.00. The second-order valence-corrected chi connectivity index (χ2v) is 4.62. The highest BCUT2D eigenvalue weighted by Gasteiger charge is 2.12. The smallest absolute Gasteiger partial charge is 0.0587 e. The van der Waals surface area contributed by atoms with Crippen molar-refractivity contribution in [1.82, 2.24) is 10.6 Å². The molecule has 1 heterocycles. The van der Waals surface area contributed by atoms with Crippen molar-refractivity contribution in [3.63, 3.8) is 0 Å². The van der Waals surface area contributed by atoms with Crippen molar-refractivity contribution < 1.29 is 9.47 Å². The van der Waals surface area contributed by atoms with E-state index in [0.29, 0.717) is 6.10 Å². The minimum atomic E-state index is 0.533. The molecule has 2 N–H and O–H groups in total. The Labute approximate surface area is 105 Å². The molecule has 0 amide bonds. The molecule has 4 nitrogen and oxygen atoms in total. The van der Waals surface area contributed by atoms with E-state index in [-0.39, 0.29) is 0 Å². The van der Waals surface area contributed by atoms with Crippen molar-refractivity contribution in [2.45, 2.75) is 38.2 Å². The molecule has 0 spiro atoms. The fourth-order valence-electron chi connectivity index (χ4n) is 2.09. The lowest BCUT2D eigenvalue weighted by Crippen LogP contribution is -2.30. The number of hydrogen-bond acceptors (Lipinski definition) is 4. The first kappa shape index (κ1) is 14.9. The molecule has 1 atom stereocenters. The van der Waals surface area contributed by atoms with Crippen molar-refractivity contribution >= 4 is 0 Å². The highest BCUT2D eigenvalue weighted by Crippen LogP contribution is 2.16. The van der Waals surface area contributed by atoms with Gasteiger partial charge in [0.15, 0.2) is 0 Å². The quantitative estimate of drug-likeness (QED) is 0.566. The standard InChI is InChI=1S/C13H28N2O2/c1-16-12-10-15-9-8-14-7-4-6-13-5-2-3-11-17-13/h13-15H,2-12H2,1H3. The van der Waals surface area contributed by atoms with E-state index in [9.17, 15) is 0 Å². The largest absolute Gasteiger partial charge is 0.383 e. The molecule has 1 fully saturated rings. The molecule has 1 unspecified atom stereocenters. The van der Waals surface area contributed by atoms with E-state index in [1.165, 1.54) is 32.1 Å². The Kier molecular flexibility index (Phi) is 9.61. The zero-order valence-electron chi connectivity index (χ0n) is 11.2. The third kappa shape index (κ3) is 8.55. The van der Waals surface area contributed by atoms with Crippen LogP contribution < -0.4 is 10.6 Å². The summed E-state index contributed by atoms with van der Waals surface area (Å²) in [5, 5.41) is 6.76. The Bertz CT molecular complexity index is 161. The van der Waals surface area contributed by atoms with Crippen molar-refractivity contribution in [3.8, 4) is 0 Å². The third-order valence-electron chi connectivity index (χ3n) is 3.12. The lowest BCUT2D eigenvalue weighted by atomic mass is 10.0. The van der Waals surface area contributed by atoms with Gasteiger partial charge in [0.1, 0.15) is 0 Å². The Morgan fingerprint density at radius 3 is 2.65 bits per heavy atom. The summed E-state index contributed by atoms with van der Waals surface area (Å²) in [6.45, 7) is 5.86. The van der Waals surface area contributed by atoms with Crippen molar-refractivity contribution in [1.29, 1.82) is 0 Å². The lowest BCUT2D eigenvalue weighted by Gasteiger charge is -2.22. The maximum absolute atomic E-state index is 5.70. The summed E-state index contributed by atoms with van der Waals surface area (Å²) in [6, 6.07) is 0. The topological polar surface area (TPSA) is 42.5 Å². The first-order valence-corrected chi connectivity index (χ1v) is 6.95. The summed E-state index contributed by atoms with van der Waals surface area (Å²) in [7, 11) is 1.73. The van der Waals surface area contributed by atoms with Crippen LogP contribution in [0.5, 0.6) is 0 Å². The number of rotatable bonds is 10. The predicted octanol–water partition coefficient (Wildman–Crippen LogP) is 1.16. The van der Waals surface area contributed by atoms with E-state index >= 15 is 0 Å². The van der Waals surface area contributed by atoms with Crippen LogP contribution in [0.15, 0.2) is 0 Å². The Hall–Kier alpha value is -0.160. The van der Waals surface area contributed by atoms with Gasteiger partial charge in [-0.1, -0.05) is 0 Å². The first-order chi connectivity index (χ1) is 8.43. The van der Waals surface area contributed by atoms with Gasteiger partial charge in [-0.3, -0.25) is 0 Å². The Morgan fingerprint density at radius 1 is 1.12 bits per heavy atom. The summed E-state index contributed by atoms with van der Waals surface area (Å²) in [6.07, 6.45) is 6.83. The van der Waals surface area contributed by atoms with Crippen LogP contribution in [-0.2, 0) is 9.47 Å². The average molecular weight is 244 g/mol. The van der Waals surface area contributed by atoms with Gasteiger partial charge in [0.25, 0.3) is 0 Å². The van der Waals surface area contributed by atoms with Crippen molar-refractivity contribution in [2.24, 2.45) is 0 Å². The lowest BCUT2D eigenvalue weighted by molar-refractivity contribution is 0.0102. The van der Waals surface area contributed by atoms with Crippen LogP contribution in [0, 0.1) is 0 Å². The third-order valence-corrected chi connectivity index (χ3v) is 3.12. The maximum Gasteiger partial charge on any atom is 0.0587 e. The van der Waals surface area contributed by atoms with Gasteiger partial charge in [0.2, 0.25) is 0 Å². The molecule has 0 saturated carbocycles. The maximum atomic E-state index is 5.70. The van der Waals surface area contributed by atoms with Crippen LogP contribution in [0.3, 0.4) is 0 Å². The average Bonchev–Trinajstić information content (AvgIpc) is 2.38. The molecule has 0 aromatic heterocycles. The molecular weight excluding hydrogens is 216 g/mol. The Balaban J connectivity index is 1.75. The van der Waals surface area contributed by atoms with Gasteiger partial charge < -0.3 is 20.1 Å². The number of ether oxygens (including phenoxy) is 2. The van der Waals surface area contributed by atoms with E-state index in [2.05, 4.69) is 10.6 Å². The minimum absolute atomic E-state index is 0.533. The number of methoxy groups -OCH3 is 1. The molecular formula is C13H28N2O2. The van der Waals surface area contributed by atoms with E-state index in [1.807, 2.05) is 0 Å². The van der Waals surface area contributed by atoms with Crippen LogP contribution in [0.4, 0.5) is 0 Å². The summed E-state index contributed by atoms with van der Waals surface area (Å²) in [4.78, 5) is 0. The highest BCUT2D eigenvalue weighted by atomic mass is 16.5. The van der Waals surface area contributed by atoms with Crippen LogP contribution >= 0.6 is 0 Å². The zero-order valence-corrected chi connectivity index (χ0v) is 11.2. The monoisotopic (exact) mass is 244 g/mol. The van der Waals surface area contributed by atoms with Gasteiger partial charge in [0, 0.05) is 33.4 Å². The summed E-state index contributed by atoms with van der Waals surface area (Å²) in [5.74, 6) is 0. The van der Waals surface area contributed by atoms with E-state index < -0.39 is 0 Å². The van der Waals surface area contributed by atoms with Gasteiger partial charge in [-0.2, -0.15) is 0 Å². The minimum Gasteiger partial charge on any atom is -0.383 e. The van der Waals surface area contributed by atoms with Gasteiger partial charge in [-0.05, 0) is 38.6 Å². The van der Waals surface area contributed by atoms with E-state index in [0.717, 1.165) is 39.4 Å². The molecule has 102 valence electrons. The summed E-state index contributed by atoms with van der Waals surface area (Å²) in [5.41, 5.74) is 0. The molecule has 0 aliphatic carbocycles. The van der Waals surface area contributed by atoms with Gasteiger partial charge >= 0.3 is 0 Å². The molecule has 0 aromatic carbocycles.